The lowest BCUT2D eigenvalue weighted by Gasteiger charge is -2.27. The number of aliphatic imine (C=N–C) groups is 1. The molecule has 6 nitrogen and oxygen atoms in total. The molecule has 1 saturated heterocycles. The highest BCUT2D eigenvalue weighted by Crippen LogP contribution is 2.31. The predicted molar refractivity (Wildman–Crippen MR) is 95.0 cm³/mol. The summed E-state index contributed by atoms with van der Waals surface area (Å²) in [6, 6.07) is 7.29. The minimum absolute atomic E-state index is 0. The lowest BCUT2D eigenvalue weighted by atomic mass is 10.1. The van der Waals surface area contributed by atoms with Gasteiger partial charge in [-0.05, 0) is 54.8 Å². The van der Waals surface area contributed by atoms with Gasteiger partial charge in [-0.2, -0.15) is 4.99 Å². The minimum Gasteiger partial charge on any atom is -0.486 e. The van der Waals surface area contributed by atoms with Gasteiger partial charge in [-0.25, -0.2) is 0 Å². The number of carbonyl (C=O) groups is 2. The van der Waals surface area contributed by atoms with Crippen molar-refractivity contribution in [3.05, 3.63) is 34.7 Å². The van der Waals surface area contributed by atoms with Crippen LogP contribution in [0.15, 0.2) is 34.2 Å². The second-order valence-corrected chi connectivity index (χ2v) is 6.41. The maximum atomic E-state index is 12.1. The molecule has 0 unspecified atom stereocenters. The summed E-state index contributed by atoms with van der Waals surface area (Å²) in [7, 11) is 0. The Morgan fingerprint density at radius 3 is 2.54 bits per heavy atom. The fourth-order valence-corrected chi connectivity index (χ4v) is 3.53. The van der Waals surface area contributed by atoms with E-state index < -0.39 is 0 Å². The number of amidine groups is 1. The lowest BCUT2D eigenvalue weighted by molar-refractivity contribution is -0.113. The summed E-state index contributed by atoms with van der Waals surface area (Å²) in [5.41, 5.74) is 0.911. The van der Waals surface area contributed by atoms with Crippen LogP contribution in [0.4, 0.5) is 0 Å². The Balaban J connectivity index is 0.00000208. The van der Waals surface area contributed by atoms with Crippen molar-refractivity contribution in [2.24, 2.45) is 4.99 Å². The van der Waals surface area contributed by atoms with Gasteiger partial charge in [-0.3, -0.25) is 9.59 Å². The van der Waals surface area contributed by atoms with Crippen molar-refractivity contribution in [3.8, 4) is 5.75 Å². The van der Waals surface area contributed by atoms with Crippen LogP contribution in [0.5, 0.6) is 5.75 Å². The molecule has 0 spiro atoms. The van der Waals surface area contributed by atoms with Crippen molar-refractivity contribution in [2.75, 3.05) is 19.7 Å². The summed E-state index contributed by atoms with van der Waals surface area (Å²) in [5, 5.41) is 0.826. The third-order valence-corrected chi connectivity index (χ3v) is 4.78. The van der Waals surface area contributed by atoms with E-state index in [-0.39, 0.29) is 18.0 Å². The molecule has 24 heavy (non-hydrogen) atoms. The van der Waals surface area contributed by atoms with Crippen molar-refractivity contribution < 1.29 is 19.8 Å². The van der Waals surface area contributed by atoms with Crippen LogP contribution in [-0.4, -0.2) is 47.4 Å². The minimum atomic E-state index is -0.170. The monoisotopic (exact) mass is 348 g/mol. The number of hydrogen-bond acceptors (Lipinski definition) is 5. The van der Waals surface area contributed by atoms with Crippen molar-refractivity contribution >= 4 is 35.2 Å². The van der Waals surface area contributed by atoms with E-state index in [0.717, 1.165) is 36.7 Å². The summed E-state index contributed by atoms with van der Waals surface area (Å²) in [4.78, 5) is 29.4. The van der Waals surface area contributed by atoms with E-state index in [1.807, 2.05) is 18.2 Å². The SMILES string of the molecule is O.O=CCOc1ccc(C=C2SC(N3CCCCC3)=NC2=O)cc1. The van der Waals surface area contributed by atoms with E-state index in [1.54, 1.807) is 12.1 Å². The summed E-state index contributed by atoms with van der Waals surface area (Å²) in [6.07, 6.45) is 6.13. The van der Waals surface area contributed by atoms with E-state index in [2.05, 4.69) is 9.89 Å². The molecule has 0 atom stereocenters. The van der Waals surface area contributed by atoms with Gasteiger partial charge in [-0.15, -0.1) is 0 Å². The highest BCUT2D eigenvalue weighted by molar-refractivity contribution is 8.18. The van der Waals surface area contributed by atoms with Crippen LogP contribution in [0.2, 0.25) is 0 Å². The Morgan fingerprint density at radius 2 is 1.88 bits per heavy atom. The standard InChI is InChI=1S/C17H18N2O3S.H2O/c20-10-11-22-14-6-4-13(5-7-14)12-15-16(21)18-17(23-15)19-8-2-1-3-9-19;/h4-7,10,12H,1-3,8-9,11H2;1H2. The summed E-state index contributed by atoms with van der Waals surface area (Å²) >= 11 is 1.45. The first-order valence-electron chi connectivity index (χ1n) is 7.70. The molecule has 2 N–H and O–H groups in total. The summed E-state index contributed by atoms with van der Waals surface area (Å²) in [5.74, 6) is 0.465. The number of nitrogens with zero attached hydrogens (tertiary/aromatic N) is 2. The molecule has 1 aromatic carbocycles. The van der Waals surface area contributed by atoms with Gasteiger partial charge in [0.05, 0.1) is 4.91 Å². The van der Waals surface area contributed by atoms with Crippen LogP contribution >= 0.6 is 11.8 Å². The molecule has 1 aromatic rings. The van der Waals surface area contributed by atoms with Crippen LogP contribution in [0.3, 0.4) is 0 Å². The van der Waals surface area contributed by atoms with Crippen LogP contribution in [0.1, 0.15) is 24.8 Å². The maximum Gasteiger partial charge on any atom is 0.286 e. The van der Waals surface area contributed by atoms with E-state index in [1.165, 1.54) is 18.2 Å². The van der Waals surface area contributed by atoms with Crippen molar-refractivity contribution in [2.45, 2.75) is 19.3 Å². The van der Waals surface area contributed by atoms with Crippen LogP contribution in [0.25, 0.3) is 6.08 Å². The molecule has 0 bridgehead atoms. The number of ether oxygens (including phenoxy) is 1. The van der Waals surface area contributed by atoms with Gasteiger partial charge in [-0.1, -0.05) is 12.1 Å². The molecular weight excluding hydrogens is 328 g/mol. The number of aldehydes is 1. The van der Waals surface area contributed by atoms with Gasteiger partial charge in [0.15, 0.2) is 11.5 Å². The quantitative estimate of drug-likeness (QED) is 0.612. The molecule has 1 amide bonds. The molecule has 3 rings (SSSR count). The van der Waals surface area contributed by atoms with Gasteiger partial charge in [0.2, 0.25) is 0 Å². The Morgan fingerprint density at radius 1 is 1.17 bits per heavy atom. The molecule has 0 radical (unpaired) electrons. The fraction of sp³-hybridized carbons (Fsp3) is 0.353. The van der Waals surface area contributed by atoms with E-state index in [9.17, 15) is 9.59 Å². The average molecular weight is 348 g/mol. The van der Waals surface area contributed by atoms with Crippen LogP contribution in [0, 0.1) is 0 Å². The van der Waals surface area contributed by atoms with Gasteiger partial charge >= 0.3 is 0 Å². The number of likely N-dealkylation sites (tertiary alicyclic amines) is 1. The molecule has 1 fully saturated rings. The number of amides is 1. The van der Waals surface area contributed by atoms with Crippen molar-refractivity contribution in [3.63, 3.8) is 0 Å². The first-order chi connectivity index (χ1) is 11.3. The number of piperidine rings is 1. The van der Waals surface area contributed by atoms with Crippen LogP contribution < -0.4 is 4.74 Å². The molecule has 128 valence electrons. The van der Waals surface area contributed by atoms with Crippen molar-refractivity contribution in [1.82, 2.24) is 4.90 Å². The molecule has 0 saturated carbocycles. The zero-order chi connectivity index (χ0) is 16.1. The zero-order valence-electron chi connectivity index (χ0n) is 13.2. The first-order valence-corrected chi connectivity index (χ1v) is 8.52. The Hall–Kier alpha value is -2.12. The first kappa shape index (κ1) is 18.2. The molecule has 0 aliphatic carbocycles. The van der Waals surface area contributed by atoms with E-state index in [4.69, 9.17) is 4.74 Å². The Bertz CT molecular complexity index is 649. The van der Waals surface area contributed by atoms with Crippen molar-refractivity contribution in [1.29, 1.82) is 0 Å². The van der Waals surface area contributed by atoms with Gasteiger partial charge in [0.25, 0.3) is 5.91 Å². The fourth-order valence-electron chi connectivity index (χ4n) is 2.56. The average Bonchev–Trinajstić information content (AvgIpc) is 2.96. The molecule has 2 heterocycles. The normalized spacial score (nSPS) is 19.0. The van der Waals surface area contributed by atoms with Crippen LogP contribution in [-0.2, 0) is 9.59 Å². The predicted octanol–water partition coefficient (Wildman–Crippen LogP) is 1.90. The number of thioether (sulfide) groups is 1. The third-order valence-electron chi connectivity index (χ3n) is 3.73. The maximum absolute atomic E-state index is 12.1. The molecule has 2 aliphatic heterocycles. The van der Waals surface area contributed by atoms with Gasteiger partial charge in [0.1, 0.15) is 12.4 Å². The number of benzene rings is 1. The molecule has 0 aromatic heterocycles. The van der Waals surface area contributed by atoms with E-state index in [0.29, 0.717) is 16.9 Å². The largest absolute Gasteiger partial charge is 0.486 e. The number of rotatable bonds is 4. The third kappa shape index (κ3) is 4.46. The number of carbonyl (C=O) groups excluding carboxylic acids is 2. The Kier molecular flexibility index (Phi) is 6.57. The topological polar surface area (TPSA) is 90.5 Å². The molecule has 2 aliphatic rings. The smallest absolute Gasteiger partial charge is 0.286 e. The highest BCUT2D eigenvalue weighted by atomic mass is 32.2. The van der Waals surface area contributed by atoms with Gasteiger partial charge < -0.3 is 15.1 Å². The van der Waals surface area contributed by atoms with E-state index >= 15 is 0 Å². The second-order valence-electron chi connectivity index (χ2n) is 5.40. The second kappa shape index (κ2) is 8.65. The lowest BCUT2D eigenvalue weighted by Crippen LogP contribution is -2.33. The molecule has 7 heteroatoms. The number of hydrogen-bond donors (Lipinski definition) is 0. The van der Waals surface area contributed by atoms with Gasteiger partial charge in [0, 0.05) is 13.1 Å². The highest BCUT2D eigenvalue weighted by Gasteiger charge is 2.26. The molecular formula is C17H20N2O4S. The Labute approximate surface area is 144 Å². The summed E-state index contributed by atoms with van der Waals surface area (Å²) < 4.78 is 5.21. The zero-order valence-corrected chi connectivity index (χ0v) is 14.1. The summed E-state index contributed by atoms with van der Waals surface area (Å²) in [6.45, 7) is 2.01.